The van der Waals surface area contributed by atoms with E-state index in [0.29, 0.717) is 12.4 Å². The number of esters is 1. The van der Waals surface area contributed by atoms with Gasteiger partial charge in [0.25, 0.3) is 5.91 Å². The van der Waals surface area contributed by atoms with Gasteiger partial charge in [0.05, 0.1) is 18.4 Å². The molecule has 3 aromatic rings. The van der Waals surface area contributed by atoms with Crippen LogP contribution in [0.3, 0.4) is 0 Å². The van der Waals surface area contributed by atoms with Crippen LogP contribution in [-0.4, -0.2) is 36.5 Å². The lowest BCUT2D eigenvalue weighted by molar-refractivity contribution is 0.0695. The Morgan fingerprint density at radius 1 is 1.24 bits per heavy atom. The van der Waals surface area contributed by atoms with Crippen LogP contribution in [0.2, 0.25) is 0 Å². The number of nitrogens with one attached hydrogen (secondary N) is 2. The number of carbonyl (C=O) groups is 2. The maximum atomic E-state index is 13.0. The van der Waals surface area contributed by atoms with Crippen LogP contribution in [0.4, 0.5) is 5.00 Å². The number of nitrogens with zero attached hydrogens (tertiary/aromatic N) is 1. The summed E-state index contributed by atoms with van der Waals surface area (Å²) < 4.78 is 16.3. The average Bonchev–Trinajstić information content (AvgIpc) is 3.48. The van der Waals surface area contributed by atoms with E-state index in [0.717, 1.165) is 42.2 Å². The lowest BCUT2D eigenvalue weighted by Gasteiger charge is -2.28. The minimum atomic E-state index is -0.604. The van der Waals surface area contributed by atoms with Crippen LogP contribution in [0.1, 0.15) is 56.9 Å². The second-order valence-corrected chi connectivity index (χ2v) is 8.99. The minimum Gasteiger partial charge on any atom is -0.490 e. The van der Waals surface area contributed by atoms with E-state index in [4.69, 9.17) is 13.9 Å². The number of furan rings is 1. The summed E-state index contributed by atoms with van der Waals surface area (Å²) in [7, 11) is 0. The van der Waals surface area contributed by atoms with Crippen molar-refractivity contribution >= 4 is 28.2 Å². The average molecular weight is 468 g/mol. The molecular formula is C24H25N3O5S. The Kier molecular flexibility index (Phi) is 5.82. The minimum absolute atomic E-state index is 0.0671. The Hall–Kier alpha value is -3.30. The SMILES string of the molecule is CCOc1cc([C@H]2NC(=O)c3c(sc4c3CCN(CC)C4)N2)ccc1OC(=O)c1ccco1. The fourth-order valence-electron chi connectivity index (χ4n) is 4.21. The molecule has 0 radical (unpaired) electrons. The predicted octanol–water partition coefficient (Wildman–Crippen LogP) is 4.19. The molecule has 1 amide bonds. The van der Waals surface area contributed by atoms with E-state index in [2.05, 4.69) is 22.5 Å². The molecule has 5 rings (SSSR count). The Labute approximate surface area is 195 Å². The molecule has 0 saturated carbocycles. The van der Waals surface area contributed by atoms with Gasteiger partial charge in [-0.3, -0.25) is 9.69 Å². The van der Waals surface area contributed by atoms with Crippen molar-refractivity contribution < 1.29 is 23.5 Å². The topological polar surface area (TPSA) is 93.0 Å². The molecule has 0 bridgehead atoms. The Balaban J connectivity index is 1.40. The fourth-order valence-corrected chi connectivity index (χ4v) is 5.52. The third-order valence-electron chi connectivity index (χ3n) is 5.89. The van der Waals surface area contributed by atoms with Crippen LogP contribution in [0, 0.1) is 0 Å². The fraction of sp³-hybridized carbons (Fsp3) is 0.333. The van der Waals surface area contributed by atoms with Crippen LogP contribution in [0.25, 0.3) is 0 Å². The van der Waals surface area contributed by atoms with E-state index in [9.17, 15) is 9.59 Å². The largest absolute Gasteiger partial charge is 0.490 e. The van der Waals surface area contributed by atoms with E-state index in [1.54, 1.807) is 29.5 Å². The Morgan fingerprint density at radius 3 is 2.88 bits per heavy atom. The van der Waals surface area contributed by atoms with Gasteiger partial charge in [0.1, 0.15) is 11.2 Å². The maximum Gasteiger partial charge on any atom is 0.379 e. The highest BCUT2D eigenvalue weighted by Crippen LogP contribution is 2.41. The third kappa shape index (κ3) is 4.09. The van der Waals surface area contributed by atoms with Crippen molar-refractivity contribution in [2.45, 2.75) is 33.0 Å². The van der Waals surface area contributed by atoms with Crippen molar-refractivity contribution in [1.29, 1.82) is 0 Å². The molecule has 0 aliphatic carbocycles. The van der Waals surface area contributed by atoms with Gasteiger partial charge in [0.2, 0.25) is 5.76 Å². The number of ether oxygens (including phenoxy) is 2. The Bertz CT molecular complexity index is 1190. The number of anilines is 1. The second kappa shape index (κ2) is 8.92. The third-order valence-corrected chi connectivity index (χ3v) is 7.04. The van der Waals surface area contributed by atoms with Gasteiger partial charge in [0, 0.05) is 18.0 Å². The van der Waals surface area contributed by atoms with Gasteiger partial charge in [0.15, 0.2) is 11.5 Å². The van der Waals surface area contributed by atoms with Crippen molar-refractivity contribution in [3.63, 3.8) is 0 Å². The molecule has 0 fully saturated rings. The van der Waals surface area contributed by atoms with Gasteiger partial charge < -0.3 is 24.5 Å². The van der Waals surface area contributed by atoms with Crippen LogP contribution < -0.4 is 20.1 Å². The van der Waals surface area contributed by atoms with Crippen molar-refractivity contribution in [3.8, 4) is 11.5 Å². The van der Waals surface area contributed by atoms with Gasteiger partial charge in [-0.2, -0.15) is 0 Å². The van der Waals surface area contributed by atoms with Gasteiger partial charge in [-0.1, -0.05) is 13.0 Å². The molecule has 172 valence electrons. The number of hydrogen-bond donors (Lipinski definition) is 2. The first kappa shape index (κ1) is 21.5. The molecule has 2 N–H and O–H groups in total. The van der Waals surface area contributed by atoms with Crippen molar-refractivity contribution in [2.24, 2.45) is 0 Å². The first-order chi connectivity index (χ1) is 16.1. The summed E-state index contributed by atoms with van der Waals surface area (Å²) in [5.41, 5.74) is 2.74. The normalized spacial score (nSPS) is 17.5. The van der Waals surface area contributed by atoms with Gasteiger partial charge in [-0.25, -0.2) is 4.79 Å². The zero-order valence-electron chi connectivity index (χ0n) is 18.5. The number of hydrogen-bond acceptors (Lipinski definition) is 8. The second-order valence-electron chi connectivity index (χ2n) is 7.88. The first-order valence-corrected chi connectivity index (χ1v) is 11.9. The molecule has 9 heteroatoms. The van der Waals surface area contributed by atoms with Crippen molar-refractivity contribution in [2.75, 3.05) is 25.0 Å². The zero-order chi connectivity index (χ0) is 22.9. The highest BCUT2D eigenvalue weighted by Gasteiger charge is 2.33. The number of carbonyl (C=O) groups excluding carboxylic acids is 2. The van der Waals surface area contributed by atoms with Gasteiger partial charge in [-0.15, -0.1) is 11.3 Å². The molecule has 0 saturated heterocycles. The van der Waals surface area contributed by atoms with Crippen LogP contribution in [0.15, 0.2) is 41.0 Å². The smallest absolute Gasteiger partial charge is 0.379 e. The summed E-state index contributed by atoms with van der Waals surface area (Å²) in [5.74, 6) is 0.144. The highest BCUT2D eigenvalue weighted by molar-refractivity contribution is 7.16. The number of fused-ring (bicyclic) bond motifs is 3. The molecule has 2 aliphatic heterocycles. The van der Waals surface area contributed by atoms with E-state index in [1.807, 2.05) is 13.0 Å². The molecule has 2 aliphatic rings. The van der Waals surface area contributed by atoms with Gasteiger partial charge >= 0.3 is 5.97 Å². The highest BCUT2D eigenvalue weighted by atomic mass is 32.1. The quantitative estimate of drug-likeness (QED) is 0.415. The molecule has 4 heterocycles. The molecule has 33 heavy (non-hydrogen) atoms. The molecule has 8 nitrogen and oxygen atoms in total. The van der Waals surface area contributed by atoms with Gasteiger partial charge in [-0.05, 0) is 55.3 Å². The molecular weight excluding hydrogens is 442 g/mol. The first-order valence-electron chi connectivity index (χ1n) is 11.0. The monoisotopic (exact) mass is 467 g/mol. The van der Waals surface area contributed by atoms with Crippen molar-refractivity contribution in [3.05, 3.63) is 63.9 Å². The molecule has 1 atom stereocenters. The van der Waals surface area contributed by atoms with Crippen molar-refractivity contribution in [1.82, 2.24) is 10.2 Å². The molecule has 1 aromatic carbocycles. The number of benzene rings is 1. The van der Waals surface area contributed by atoms with Crippen LogP contribution >= 0.6 is 11.3 Å². The zero-order valence-corrected chi connectivity index (χ0v) is 19.3. The standard InChI is InChI=1S/C24H25N3O5S/c1-3-27-10-9-15-19(13-27)33-23-20(15)22(28)25-21(26-23)14-7-8-16(18(12-14)30-4-2)32-24(29)17-6-5-11-31-17/h5-8,11-12,21,26H,3-4,9-10,13H2,1-2H3,(H,25,28)/t21-/m0/s1. The summed E-state index contributed by atoms with van der Waals surface area (Å²) in [4.78, 5) is 29.0. The van der Waals surface area contributed by atoms with Crippen LogP contribution in [0.5, 0.6) is 11.5 Å². The Morgan fingerprint density at radius 2 is 2.12 bits per heavy atom. The predicted molar refractivity (Wildman–Crippen MR) is 124 cm³/mol. The summed E-state index contributed by atoms with van der Waals surface area (Å²) in [6, 6.07) is 8.42. The molecule has 0 unspecified atom stereocenters. The van der Waals surface area contributed by atoms with E-state index in [1.165, 1.54) is 22.8 Å². The summed E-state index contributed by atoms with van der Waals surface area (Å²) in [6.07, 6.45) is 1.89. The number of likely N-dealkylation sites (N-methyl/N-ethyl adjacent to an activating group) is 1. The summed E-state index contributed by atoms with van der Waals surface area (Å²) in [5, 5.41) is 7.44. The molecule has 0 spiro atoms. The van der Waals surface area contributed by atoms with Crippen LogP contribution in [-0.2, 0) is 13.0 Å². The summed E-state index contributed by atoms with van der Waals surface area (Å²) >= 11 is 1.66. The van der Waals surface area contributed by atoms with E-state index < -0.39 is 12.1 Å². The van der Waals surface area contributed by atoms with E-state index >= 15 is 0 Å². The number of rotatable bonds is 6. The lowest BCUT2D eigenvalue weighted by atomic mass is 10.0. The van der Waals surface area contributed by atoms with E-state index in [-0.39, 0.29) is 17.4 Å². The number of amides is 1. The maximum absolute atomic E-state index is 13.0. The molecule has 2 aromatic heterocycles. The number of thiophene rings is 1. The lowest BCUT2D eigenvalue weighted by Crippen LogP contribution is -2.38. The summed E-state index contributed by atoms with van der Waals surface area (Å²) in [6.45, 7) is 7.27.